The van der Waals surface area contributed by atoms with Crippen molar-refractivity contribution in [3.05, 3.63) is 58.1 Å². The average molecular weight is 288 g/mol. The molecular weight excluding hydrogens is 272 g/mol. The summed E-state index contributed by atoms with van der Waals surface area (Å²) >= 11 is 0. The fraction of sp³-hybridized carbons (Fsp3) is 0.200. The minimum absolute atomic E-state index is 0.0446. The van der Waals surface area contributed by atoms with Gasteiger partial charge in [0.2, 0.25) is 11.2 Å². The van der Waals surface area contributed by atoms with Gasteiger partial charge in [0.05, 0.1) is 12.0 Å². The van der Waals surface area contributed by atoms with Crippen molar-refractivity contribution >= 4 is 11.6 Å². The van der Waals surface area contributed by atoms with Crippen LogP contribution in [0, 0.1) is 13.8 Å². The van der Waals surface area contributed by atoms with Gasteiger partial charge in [-0.15, -0.1) is 0 Å². The first-order valence-electron chi connectivity index (χ1n) is 6.39. The lowest BCUT2D eigenvalue weighted by Crippen LogP contribution is -2.34. The number of aryl methyl sites for hydroxylation is 2. The molecule has 0 aliphatic rings. The van der Waals surface area contributed by atoms with Gasteiger partial charge < -0.3 is 9.15 Å². The van der Waals surface area contributed by atoms with Crippen LogP contribution in [0.3, 0.4) is 0 Å². The number of carbonyl (C=O) groups excluding carboxylic acids is 1. The quantitative estimate of drug-likeness (QED) is 0.820. The van der Waals surface area contributed by atoms with E-state index in [1.165, 1.54) is 12.3 Å². The second-order valence-corrected chi connectivity index (χ2v) is 4.50. The van der Waals surface area contributed by atoms with E-state index in [9.17, 15) is 9.59 Å². The monoisotopic (exact) mass is 288 g/mol. The van der Waals surface area contributed by atoms with Crippen molar-refractivity contribution < 1.29 is 13.9 Å². The minimum Gasteiger partial charge on any atom is -0.476 e. The van der Waals surface area contributed by atoms with Crippen LogP contribution < -0.4 is 21.0 Å². The minimum atomic E-state index is -0.404. The van der Waals surface area contributed by atoms with Crippen LogP contribution in [-0.4, -0.2) is 12.5 Å². The molecule has 0 fully saturated rings. The summed E-state index contributed by atoms with van der Waals surface area (Å²) in [6, 6.07) is 8.78. The van der Waals surface area contributed by atoms with E-state index in [0.717, 1.165) is 11.3 Å². The molecule has 1 amide bonds. The standard InChI is InChI=1S/C15H16N2O4/c1-10-4-3-5-12(8-10)16-17-14(19)9-21-15-11(2)20-7-6-13(15)18/h3-8,16H,9H2,1-2H3,(H,17,19). The van der Waals surface area contributed by atoms with E-state index in [2.05, 4.69) is 10.9 Å². The Balaban J connectivity index is 1.87. The van der Waals surface area contributed by atoms with Gasteiger partial charge in [0.25, 0.3) is 5.91 Å². The van der Waals surface area contributed by atoms with Crippen LogP contribution in [0.1, 0.15) is 11.3 Å². The van der Waals surface area contributed by atoms with Gasteiger partial charge in [-0.25, -0.2) is 0 Å². The molecule has 0 unspecified atom stereocenters. The molecule has 0 atom stereocenters. The first-order chi connectivity index (χ1) is 10.1. The Hall–Kier alpha value is -2.76. The maximum absolute atomic E-state index is 11.7. The third kappa shape index (κ3) is 4.10. The first-order valence-corrected chi connectivity index (χ1v) is 6.39. The Morgan fingerprint density at radius 1 is 1.29 bits per heavy atom. The van der Waals surface area contributed by atoms with Crippen LogP contribution in [0.15, 0.2) is 45.8 Å². The number of hydrogen-bond acceptors (Lipinski definition) is 5. The summed E-state index contributed by atoms with van der Waals surface area (Å²) in [5, 5.41) is 0. The number of hydrazine groups is 1. The summed E-state index contributed by atoms with van der Waals surface area (Å²) in [6.45, 7) is 3.27. The molecular formula is C15H16N2O4. The van der Waals surface area contributed by atoms with Crippen molar-refractivity contribution in [1.82, 2.24) is 5.43 Å². The van der Waals surface area contributed by atoms with E-state index in [1.54, 1.807) is 6.92 Å². The van der Waals surface area contributed by atoms with Gasteiger partial charge in [-0.2, -0.15) is 0 Å². The molecule has 1 heterocycles. The topological polar surface area (TPSA) is 80.6 Å². The fourth-order valence-electron chi connectivity index (χ4n) is 1.71. The largest absolute Gasteiger partial charge is 0.476 e. The van der Waals surface area contributed by atoms with Crippen molar-refractivity contribution in [3.8, 4) is 5.75 Å². The molecule has 2 N–H and O–H groups in total. The van der Waals surface area contributed by atoms with Gasteiger partial charge >= 0.3 is 0 Å². The number of hydrogen-bond donors (Lipinski definition) is 2. The molecule has 0 bridgehead atoms. The van der Waals surface area contributed by atoms with Gasteiger partial charge in [0.15, 0.2) is 6.61 Å². The van der Waals surface area contributed by atoms with Crippen LogP contribution in [0.25, 0.3) is 0 Å². The van der Waals surface area contributed by atoms with Crippen molar-refractivity contribution in [2.24, 2.45) is 0 Å². The highest BCUT2D eigenvalue weighted by Crippen LogP contribution is 2.10. The smallest absolute Gasteiger partial charge is 0.276 e. The maximum Gasteiger partial charge on any atom is 0.276 e. The zero-order valence-corrected chi connectivity index (χ0v) is 11.8. The highest BCUT2D eigenvalue weighted by Gasteiger charge is 2.09. The molecule has 1 aromatic heterocycles. The summed E-state index contributed by atoms with van der Waals surface area (Å²) in [5.41, 5.74) is 6.77. The number of rotatable bonds is 5. The van der Waals surface area contributed by atoms with Crippen LogP contribution in [0.5, 0.6) is 5.75 Å². The molecule has 0 aliphatic carbocycles. The van der Waals surface area contributed by atoms with E-state index in [0.29, 0.717) is 5.76 Å². The van der Waals surface area contributed by atoms with Crippen LogP contribution >= 0.6 is 0 Å². The Kier molecular flexibility index (Phi) is 4.61. The van der Waals surface area contributed by atoms with E-state index in [4.69, 9.17) is 9.15 Å². The predicted octanol–water partition coefficient (Wildman–Crippen LogP) is 1.78. The van der Waals surface area contributed by atoms with Crippen molar-refractivity contribution in [2.75, 3.05) is 12.0 Å². The maximum atomic E-state index is 11.7. The SMILES string of the molecule is Cc1cccc(NNC(=O)COc2c(C)occc2=O)c1. The van der Waals surface area contributed by atoms with E-state index >= 15 is 0 Å². The molecule has 0 saturated heterocycles. The molecule has 21 heavy (non-hydrogen) atoms. The summed E-state index contributed by atoms with van der Waals surface area (Å²) in [6.07, 6.45) is 1.28. The predicted molar refractivity (Wildman–Crippen MR) is 78.2 cm³/mol. The number of ether oxygens (including phenoxy) is 1. The summed E-state index contributed by atoms with van der Waals surface area (Å²) in [5.74, 6) is -0.0238. The lowest BCUT2D eigenvalue weighted by molar-refractivity contribution is -0.122. The van der Waals surface area contributed by atoms with Crippen LogP contribution in [0.4, 0.5) is 5.69 Å². The fourth-order valence-corrected chi connectivity index (χ4v) is 1.71. The van der Waals surface area contributed by atoms with Crippen molar-refractivity contribution in [2.45, 2.75) is 13.8 Å². The van der Waals surface area contributed by atoms with Crippen LogP contribution in [-0.2, 0) is 4.79 Å². The molecule has 6 heteroatoms. The Bertz CT molecular complexity index is 694. The molecule has 6 nitrogen and oxygen atoms in total. The average Bonchev–Trinajstić information content (AvgIpc) is 2.45. The molecule has 0 radical (unpaired) electrons. The van der Waals surface area contributed by atoms with Crippen molar-refractivity contribution in [1.29, 1.82) is 0 Å². The molecule has 2 rings (SSSR count). The number of carbonyl (C=O) groups is 1. The molecule has 0 spiro atoms. The van der Waals surface area contributed by atoms with Crippen molar-refractivity contribution in [3.63, 3.8) is 0 Å². The number of anilines is 1. The third-order valence-corrected chi connectivity index (χ3v) is 2.72. The van der Waals surface area contributed by atoms with Gasteiger partial charge in [-0.1, -0.05) is 12.1 Å². The molecule has 0 aliphatic heterocycles. The summed E-state index contributed by atoms with van der Waals surface area (Å²) in [7, 11) is 0. The number of benzene rings is 1. The second-order valence-electron chi connectivity index (χ2n) is 4.50. The molecule has 0 saturated carbocycles. The lowest BCUT2D eigenvalue weighted by atomic mass is 10.2. The van der Waals surface area contributed by atoms with E-state index < -0.39 is 5.91 Å². The lowest BCUT2D eigenvalue weighted by Gasteiger charge is -2.10. The van der Waals surface area contributed by atoms with Gasteiger partial charge in [0, 0.05) is 6.07 Å². The third-order valence-electron chi connectivity index (χ3n) is 2.72. The van der Waals surface area contributed by atoms with Crippen LogP contribution in [0.2, 0.25) is 0 Å². The van der Waals surface area contributed by atoms with Gasteiger partial charge in [0.1, 0.15) is 5.76 Å². The molecule has 2 aromatic rings. The summed E-state index contributed by atoms with van der Waals surface area (Å²) < 4.78 is 10.2. The Labute approximate surface area is 121 Å². The van der Waals surface area contributed by atoms with E-state index in [1.807, 2.05) is 31.2 Å². The number of amides is 1. The van der Waals surface area contributed by atoms with E-state index in [-0.39, 0.29) is 17.8 Å². The number of nitrogens with one attached hydrogen (secondary N) is 2. The normalized spacial score (nSPS) is 10.0. The Morgan fingerprint density at radius 2 is 2.10 bits per heavy atom. The first kappa shape index (κ1) is 14.6. The molecule has 1 aromatic carbocycles. The van der Waals surface area contributed by atoms with Gasteiger partial charge in [-0.05, 0) is 31.5 Å². The molecule has 110 valence electrons. The second kappa shape index (κ2) is 6.60. The highest BCUT2D eigenvalue weighted by atomic mass is 16.5. The Morgan fingerprint density at radius 3 is 2.81 bits per heavy atom. The zero-order chi connectivity index (χ0) is 15.2. The highest BCUT2D eigenvalue weighted by molar-refractivity contribution is 5.78. The zero-order valence-electron chi connectivity index (χ0n) is 11.8. The summed E-state index contributed by atoms with van der Waals surface area (Å²) in [4.78, 5) is 23.2. The van der Waals surface area contributed by atoms with Gasteiger partial charge in [-0.3, -0.25) is 20.4 Å².